The second-order valence-corrected chi connectivity index (χ2v) is 7.35. The highest BCUT2D eigenvalue weighted by molar-refractivity contribution is 7.89. The van der Waals surface area contributed by atoms with E-state index in [-0.39, 0.29) is 16.7 Å². The van der Waals surface area contributed by atoms with Crippen LogP contribution in [0.25, 0.3) is 0 Å². The number of benzene rings is 1. The lowest BCUT2D eigenvalue weighted by atomic mass is 10.1. The standard InChI is InChI=1S/C14H21N3O3S/c1-10-3-4-13(7-14(10)16-11(2)18)21(19,20)17-6-5-12(8-15)9-17/h3-4,7,12H,5-6,8-9,15H2,1-2H3,(H,16,18). The molecule has 0 bridgehead atoms. The number of nitrogens with zero attached hydrogens (tertiary/aromatic N) is 1. The van der Waals surface area contributed by atoms with E-state index in [1.54, 1.807) is 12.1 Å². The predicted molar refractivity (Wildman–Crippen MR) is 81.4 cm³/mol. The molecule has 2 rings (SSSR count). The van der Waals surface area contributed by atoms with Gasteiger partial charge in [-0.15, -0.1) is 0 Å². The number of nitrogens with one attached hydrogen (secondary N) is 1. The predicted octanol–water partition coefficient (Wildman–Crippen LogP) is 0.923. The van der Waals surface area contributed by atoms with Crippen LogP contribution in [0, 0.1) is 12.8 Å². The third kappa shape index (κ3) is 3.42. The minimum absolute atomic E-state index is 0.203. The van der Waals surface area contributed by atoms with Crippen LogP contribution in [-0.2, 0) is 14.8 Å². The van der Waals surface area contributed by atoms with E-state index >= 15 is 0 Å². The molecule has 1 saturated heterocycles. The number of nitrogens with two attached hydrogens (primary N) is 1. The van der Waals surface area contributed by atoms with Crippen LogP contribution < -0.4 is 11.1 Å². The van der Waals surface area contributed by atoms with Gasteiger partial charge in [0.15, 0.2) is 0 Å². The molecule has 0 aliphatic carbocycles. The fraction of sp³-hybridized carbons (Fsp3) is 0.500. The van der Waals surface area contributed by atoms with E-state index in [4.69, 9.17) is 5.73 Å². The molecule has 6 nitrogen and oxygen atoms in total. The Bertz CT molecular complexity index is 643. The average Bonchev–Trinajstić information content (AvgIpc) is 2.90. The Morgan fingerprint density at radius 3 is 2.76 bits per heavy atom. The van der Waals surface area contributed by atoms with Gasteiger partial charge < -0.3 is 11.1 Å². The number of sulfonamides is 1. The minimum Gasteiger partial charge on any atom is -0.330 e. The van der Waals surface area contributed by atoms with Crippen molar-refractivity contribution in [3.05, 3.63) is 23.8 Å². The molecular formula is C14H21N3O3S. The molecule has 1 unspecified atom stereocenters. The highest BCUT2D eigenvalue weighted by atomic mass is 32.2. The number of rotatable bonds is 4. The van der Waals surface area contributed by atoms with E-state index in [2.05, 4.69) is 5.32 Å². The summed E-state index contributed by atoms with van der Waals surface area (Å²) in [6.45, 7) is 4.67. The summed E-state index contributed by atoms with van der Waals surface area (Å²) in [4.78, 5) is 11.4. The van der Waals surface area contributed by atoms with E-state index in [0.29, 0.717) is 25.3 Å². The lowest BCUT2D eigenvalue weighted by molar-refractivity contribution is -0.114. The third-order valence-corrected chi connectivity index (χ3v) is 5.60. The highest BCUT2D eigenvalue weighted by Gasteiger charge is 2.32. The molecule has 1 heterocycles. The summed E-state index contributed by atoms with van der Waals surface area (Å²) in [5.74, 6) is -0.00273. The molecule has 1 atom stereocenters. The van der Waals surface area contributed by atoms with Crippen LogP contribution in [-0.4, -0.2) is 38.3 Å². The summed E-state index contributed by atoms with van der Waals surface area (Å²) in [5.41, 5.74) is 6.96. The third-order valence-electron chi connectivity index (χ3n) is 3.74. The maximum atomic E-state index is 12.6. The van der Waals surface area contributed by atoms with Crippen molar-refractivity contribution in [2.45, 2.75) is 25.2 Å². The molecule has 0 spiro atoms. The lowest BCUT2D eigenvalue weighted by Crippen LogP contribution is -2.30. The minimum atomic E-state index is -3.53. The number of carbonyl (C=O) groups excluding carboxylic acids is 1. The molecule has 1 aromatic carbocycles. The van der Waals surface area contributed by atoms with Crippen LogP contribution in [0.3, 0.4) is 0 Å². The zero-order chi connectivity index (χ0) is 15.6. The molecule has 1 aliphatic heterocycles. The molecule has 0 saturated carbocycles. The van der Waals surface area contributed by atoms with E-state index in [1.165, 1.54) is 17.3 Å². The Balaban J connectivity index is 2.30. The van der Waals surface area contributed by atoms with Crippen LogP contribution in [0.1, 0.15) is 18.9 Å². The Labute approximate surface area is 125 Å². The largest absolute Gasteiger partial charge is 0.330 e. The SMILES string of the molecule is CC(=O)Nc1cc(S(=O)(=O)N2CCC(CN)C2)ccc1C. The number of amides is 1. The van der Waals surface area contributed by atoms with Gasteiger partial charge in [-0.2, -0.15) is 4.31 Å². The number of anilines is 1. The molecule has 21 heavy (non-hydrogen) atoms. The van der Waals surface area contributed by atoms with Crippen molar-refractivity contribution in [3.63, 3.8) is 0 Å². The van der Waals surface area contributed by atoms with Crippen LogP contribution in [0.15, 0.2) is 23.1 Å². The van der Waals surface area contributed by atoms with Gasteiger partial charge in [-0.1, -0.05) is 6.07 Å². The summed E-state index contributed by atoms with van der Waals surface area (Å²) in [5, 5.41) is 2.65. The van der Waals surface area contributed by atoms with Gasteiger partial charge in [-0.25, -0.2) is 8.42 Å². The molecule has 3 N–H and O–H groups in total. The fourth-order valence-electron chi connectivity index (χ4n) is 2.44. The first-order valence-electron chi connectivity index (χ1n) is 6.93. The van der Waals surface area contributed by atoms with Crippen molar-refractivity contribution < 1.29 is 13.2 Å². The molecule has 1 aromatic rings. The van der Waals surface area contributed by atoms with Gasteiger partial charge in [0.1, 0.15) is 0 Å². The summed E-state index contributed by atoms with van der Waals surface area (Å²) < 4.78 is 26.7. The first-order valence-corrected chi connectivity index (χ1v) is 8.37. The molecule has 1 aliphatic rings. The average molecular weight is 311 g/mol. The molecule has 0 aromatic heterocycles. The number of aryl methyl sites for hydroxylation is 1. The Morgan fingerprint density at radius 2 is 2.19 bits per heavy atom. The normalized spacial score (nSPS) is 19.7. The van der Waals surface area contributed by atoms with E-state index in [0.717, 1.165) is 12.0 Å². The van der Waals surface area contributed by atoms with Gasteiger partial charge in [0.2, 0.25) is 15.9 Å². The number of hydrogen-bond donors (Lipinski definition) is 2. The summed E-state index contributed by atoms with van der Waals surface area (Å²) in [6.07, 6.45) is 0.792. The molecule has 1 fully saturated rings. The lowest BCUT2D eigenvalue weighted by Gasteiger charge is -2.17. The zero-order valence-corrected chi connectivity index (χ0v) is 13.1. The van der Waals surface area contributed by atoms with Crippen LogP contribution in [0.2, 0.25) is 0 Å². The van der Waals surface area contributed by atoms with Crippen molar-refractivity contribution in [1.29, 1.82) is 0 Å². The van der Waals surface area contributed by atoms with Gasteiger partial charge in [0, 0.05) is 25.7 Å². The molecular weight excluding hydrogens is 290 g/mol. The van der Waals surface area contributed by atoms with E-state index in [1.807, 2.05) is 6.92 Å². The number of hydrogen-bond acceptors (Lipinski definition) is 4. The van der Waals surface area contributed by atoms with Gasteiger partial charge >= 0.3 is 0 Å². The number of carbonyl (C=O) groups is 1. The van der Waals surface area contributed by atoms with Gasteiger partial charge in [0.05, 0.1) is 4.90 Å². The van der Waals surface area contributed by atoms with Crippen LogP contribution in [0.5, 0.6) is 0 Å². The summed E-state index contributed by atoms with van der Waals surface area (Å²) in [6, 6.07) is 4.79. The van der Waals surface area contributed by atoms with Crippen LogP contribution in [0.4, 0.5) is 5.69 Å². The van der Waals surface area contributed by atoms with Crippen molar-refractivity contribution in [1.82, 2.24) is 4.31 Å². The van der Waals surface area contributed by atoms with Crippen molar-refractivity contribution >= 4 is 21.6 Å². The van der Waals surface area contributed by atoms with Crippen molar-refractivity contribution in [2.24, 2.45) is 11.7 Å². The van der Waals surface area contributed by atoms with Gasteiger partial charge in [0.25, 0.3) is 0 Å². The summed E-state index contributed by atoms with van der Waals surface area (Å²) in [7, 11) is -3.53. The zero-order valence-electron chi connectivity index (χ0n) is 12.3. The smallest absolute Gasteiger partial charge is 0.243 e. The molecule has 0 radical (unpaired) electrons. The monoisotopic (exact) mass is 311 g/mol. The topological polar surface area (TPSA) is 92.5 Å². The van der Waals surface area contributed by atoms with Crippen molar-refractivity contribution in [2.75, 3.05) is 25.0 Å². The molecule has 7 heteroatoms. The van der Waals surface area contributed by atoms with E-state index < -0.39 is 10.0 Å². The Hall–Kier alpha value is -1.44. The second-order valence-electron chi connectivity index (χ2n) is 5.41. The van der Waals surface area contributed by atoms with Crippen LogP contribution >= 0.6 is 0 Å². The van der Waals surface area contributed by atoms with Crippen molar-refractivity contribution in [3.8, 4) is 0 Å². The Kier molecular flexibility index (Phi) is 4.65. The molecule has 116 valence electrons. The highest BCUT2D eigenvalue weighted by Crippen LogP contribution is 2.27. The summed E-state index contributed by atoms with van der Waals surface area (Å²) >= 11 is 0. The van der Waals surface area contributed by atoms with Gasteiger partial charge in [-0.3, -0.25) is 4.79 Å². The second kappa shape index (κ2) is 6.13. The fourth-order valence-corrected chi connectivity index (χ4v) is 4.00. The first kappa shape index (κ1) is 15.9. The maximum absolute atomic E-state index is 12.6. The van der Waals surface area contributed by atoms with Gasteiger partial charge in [-0.05, 0) is 43.5 Å². The quantitative estimate of drug-likeness (QED) is 0.865. The molecule has 1 amide bonds. The maximum Gasteiger partial charge on any atom is 0.243 e. The Morgan fingerprint density at radius 1 is 1.48 bits per heavy atom. The van der Waals surface area contributed by atoms with E-state index in [9.17, 15) is 13.2 Å². The first-order chi connectivity index (χ1) is 9.84.